The van der Waals surface area contributed by atoms with Crippen LogP contribution in [0.4, 0.5) is 0 Å². The van der Waals surface area contributed by atoms with Crippen molar-refractivity contribution in [3.8, 4) is 22.6 Å². The summed E-state index contributed by atoms with van der Waals surface area (Å²) in [6, 6.07) is 30.3. The molecule has 0 heterocycles. The molecule has 0 aliphatic carbocycles. The van der Waals surface area contributed by atoms with E-state index in [0.717, 1.165) is 49.8 Å². The van der Waals surface area contributed by atoms with Gasteiger partial charge in [0.25, 0.3) is 0 Å². The first-order valence-electron chi connectivity index (χ1n) is 11.7. The number of carbonyl (C=O) groups is 1. The van der Waals surface area contributed by atoms with Gasteiger partial charge >= 0.3 is 5.97 Å². The Hall–Kier alpha value is -3.67. The van der Waals surface area contributed by atoms with Gasteiger partial charge in [-0.15, -0.1) is 11.8 Å². The van der Waals surface area contributed by atoms with Crippen LogP contribution in [0.2, 0.25) is 5.02 Å². The van der Waals surface area contributed by atoms with Crippen molar-refractivity contribution in [2.45, 2.75) is 11.8 Å². The average molecular weight is 531 g/mol. The molecule has 0 aromatic heterocycles. The van der Waals surface area contributed by atoms with Gasteiger partial charge < -0.3 is 14.6 Å². The lowest BCUT2D eigenvalue weighted by Crippen LogP contribution is -2.09. The van der Waals surface area contributed by atoms with E-state index in [9.17, 15) is 4.79 Å². The van der Waals surface area contributed by atoms with Crippen molar-refractivity contribution < 1.29 is 19.4 Å². The van der Waals surface area contributed by atoms with E-state index in [4.69, 9.17) is 26.2 Å². The van der Waals surface area contributed by atoms with Crippen LogP contribution in [0, 0.1) is 6.92 Å². The zero-order chi connectivity index (χ0) is 26.2. The number of hydrogen-bond donors (Lipinski definition) is 1. The zero-order valence-electron chi connectivity index (χ0n) is 20.6. The third-order valence-corrected chi connectivity index (χ3v) is 6.98. The Bertz CT molecular complexity index is 1380. The molecule has 0 fully saturated rings. The summed E-state index contributed by atoms with van der Waals surface area (Å²) in [6.07, 6.45) is 2.22. The maximum atomic E-state index is 10.8. The van der Waals surface area contributed by atoms with Gasteiger partial charge in [0.2, 0.25) is 0 Å². The summed E-state index contributed by atoms with van der Waals surface area (Å²) in [5.74, 6) is 1.19. The fourth-order valence-corrected chi connectivity index (χ4v) is 4.88. The molecule has 188 valence electrons. The average Bonchev–Trinajstić information content (AvgIpc) is 2.91. The number of ether oxygens (including phenoxy) is 2. The number of aliphatic carboxylic acids is 1. The van der Waals surface area contributed by atoms with E-state index in [2.05, 4.69) is 42.5 Å². The molecule has 0 aliphatic heterocycles. The first-order chi connectivity index (χ1) is 17.9. The van der Waals surface area contributed by atoms with Crippen LogP contribution in [-0.2, 0) is 4.79 Å². The van der Waals surface area contributed by atoms with Crippen molar-refractivity contribution in [3.05, 3.63) is 119 Å². The van der Waals surface area contributed by atoms with E-state index < -0.39 is 5.97 Å². The quantitative estimate of drug-likeness (QED) is 0.210. The summed E-state index contributed by atoms with van der Waals surface area (Å²) >= 11 is 7.85. The summed E-state index contributed by atoms with van der Waals surface area (Å²) in [7, 11) is 1.67. The van der Waals surface area contributed by atoms with E-state index in [1.54, 1.807) is 18.9 Å². The van der Waals surface area contributed by atoms with Gasteiger partial charge in [0.15, 0.2) is 6.61 Å². The third kappa shape index (κ3) is 7.19. The maximum Gasteiger partial charge on any atom is 0.341 e. The van der Waals surface area contributed by atoms with Crippen LogP contribution in [0.1, 0.15) is 16.7 Å². The SMILES string of the molecule is COc1ccc(-c2ccc(/C(=C/CSc3ccc(OCC(=O)O)c(C)c3)c3ccc(Cl)cc3)cc2)cc1. The molecule has 0 saturated carbocycles. The third-order valence-electron chi connectivity index (χ3n) is 5.81. The van der Waals surface area contributed by atoms with Gasteiger partial charge in [-0.25, -0.2) is 4.79 Å². The summed E-state index contributed by atoms with van der Waals surface area (Å²) in [5, 5.41) is 9.54. The molecule has 0 unspecified atom stereocenters. The van der Waals surface area contributed by atoms with Gasteiger partial charge in [-0.3, -0.25) is 0 Å². The maximum absolute atomic E-state index is 10.8. The lowest BCUT2D eigenvalue weighted by molar-refractivity contribution is -0.139. The first-order valence-corrected chi connectivity index (χ1v) is 13.1. The van der Waals surface area contributed by atoms with E-state index in [0.29, 0.717) is 10.8 Å². The highest BCUT2D eigenvalue weighted by Gasteiger charge is 2.08. The lowest BCUT2D eigenvalue weighted by Gasteiger charge is -2.12. The monoisotopic (exact) mass is 530 g/mol. The van der Waals surface area contributed by atoms with Gasteiger partial charge in [0.1, 0.15) is 11.5 Å². The number of thioether (sulfide) groups is 1. The molecule has 0 aliphatic rings. The summed E-state index contributed by atoms with van der Waals surface area (Å²) in [5.41, 5.74) is 6.51. The second-order valence-corrected chi connectivity index (χ2v) is 9.88. The molecule has 4 aromatic rings. The van der Waals surface area contributed by atoms with Crippen LogP contribution in [-0.4, -0.2) is 30.5 Å². The molecule has 0 saturated heterocycles. The Morgan fingerprint density at radius 1 is 0.892 bits per heavy atom. The second kappa shape index (κ2) is 12.5. The van der Waals surface area contributed by atoms with Crippen molar-refractivity contribution in [3.63, 3.8) is 0 Å². The molecular formula is C31H27ClO4S. The van der Waals surface area contributed by atoms with E-state index in [1.807, 2.05) is 61.5 Å². The van der Waals surface area contributed by atoms with Crippen LogP contribution >= 0.6 is 23.4 Å². The fourth-order valence-electron chi connectivity index (χ4n) is 3.89. The van der Waals surface area contributed by atoms with Crippen LogP contribution in [0.25, 0.3) is 16.7 Å². The number of halogens is 1. The molecule has 37 heavy (non-hydrogen) atoms. The molecule has 0 amide bonds. The molecule has 0 bridgehead atoms. The van der Waals surface area contributed by atoms with Crippen LogP contribution in [0.5, 0.6) is 11.5 Å². The molecule has 1 N–H and O–H groups in total. The van der Waals surface area contributed by atoms with Crippen molar-refractivity contribution >= 4 is 34.9 Å². The molecule has 0 spiro atoms. The zero-order valence-corrected chi connectivity index (χ0v) is 22.2. The van der Waals surface area contributed by atoms with Crippen molar-refractivity contribution in [1.29, 1.82) is 0 Å². The summed E-state index contributed by atoms with van der Waals surface area (Å²) in [6.45, 7) is 1.57. The predicted octanol–water partition coefficient (Wildman–Crippen LogP) is 8.01. The summed E-state index contributed by atoms with van der Waals surface area (Å²) < 4.78 is 10.6. The number of carboxylic acid groups (broad SMARTS) is 1. The van der Waals surface area contributed by atoms with Crippen molar-refractivity contribution in [2.75, 3.05) is 19.5 Å². The Labute approximate surface area is 226 Å². The smallest absolute Gasteiger partial charge is 0.341 e. The Morgan fingerprint density at radius 3 is 2.05 bits per heavy atom. The van der Waals surface area contributed by atoms with Gasteiger partial charge in [0, 0.05) is 15.7 Å². The largest absolute Gasteiger partial charge is 0.497 e. The summed E-state index contributed by atoms with van der Waals surface area (Å²) in [4.78, 5) is 11.9. The number of hydrogen-bond acceptors (Lipinski definition) is 4. The lowest BCUT2D eigenvalue weighted by atomic mass is 9.95. The molecule has 4 nitrogen and oxygen atoms in total. The Morgan fingerprint density at radius 2 is 1.49 bits per heavy atom. The second-order valence-electron chi connectivity index (χ2n) is 8.35. The Kier molecular flexibility index (Phi) is 8.94. The Balaban J connectivity index is 1.54. The number of benzene rings is 4. The van der Waals surface area contributed by atoms with Gasteiger partial charge in [-0.05, 0) is 82.8 Å². The molecule has 0 radical (unpaired) electrons. The highest BCUT2D eigenvalue weighted by molar-refractivity contribution is 7.99. The predicted molar refractivity (Wildman–Crippen MR) is 152 cm³/mol. The normalized spacial score (nSPS) is 11.3. The van der Waals surface area contributed by atoms with Crippen molar-refractivity contribution in [2.24, 2.45) is 0 Å². The van der Waals surface area contributed by atoms with Gasteiger partial charge in [-0.1, -0.05) is 66.2 Å². The minimum absolute atomic E-state index is 0.349. The first kappa shape index (κ1) is 26.4. The number of rotatable bonds is 10. The van der Waals surface area contributed by atoms with Crippen molar-refractivity contribution in [1.82, 2.24) is 0 Å². The highest BCUT2D eigenvalue weighted by atomic mass is 35.5. The fraction of sp³-hybridized carbons (Fsp3) is 0.129. The molecule has 6 heteroatoms. The topological polar surface area (TPSA) is 55.8 Å². The molecular weight excluding hydrogens is 504 g/mol. The molecule has 4 rings (SSSR count). The minimum atomic E-state index is -0.991. The number of carboxylic acids is 1. The van der Waals surface area contributed by atoms with Crippen LogP contribution < -0.4 is 9.47 Å². The van der Waals surface area contributed by atoms with E-state index in [1.165, 1.54) is 0 Å². The van der Waals surface area contributed by atoms with Gasteiger partial charge in [-0.2, -0.15) is 0 Å². The van der Waals surface area contributed by atoms with E-state index in [-0.39, 0.29) is 6.61 Å². The van der Waals surface area contributed by atoms with Crippen LogP contribution in [0.15, 0.2) is 102 Å². The number of methoxy groups -OCH3 is 1. The minimum Gasteiger partial charge on any atom is -0.497 e. The van der Waals surface area contributed by atoms with E-state index >= 15 is 0 Å². The standard InChI is InChI=1S/C31H27ClO4S/c1-21-19-28(15-16-30(21)36-20-31(33)34)37-18-17-29(25-7-11-26(32)12-8-25)24-5-3-22(4-6-24)23-9-13-27(35-2)14-10-23/h3-17,19H,18,20H2,1-2H3,(H,33,34)/b29-17-. The number of aryl methyl sites for hydroxylation is 1. The molecule has 0 atom stereocenters. The van der Waals surface area contributed by atoms with Crippen LogP contribution in [0.3, 0.4) is 0 Å². The molecule has 4 aromatic carbocycles. The van der Waals surface area contributed by atoms with Gasteiger partial charge in [0.05, 0.1) is 7.11 Å². The highest BCUT2D eigenvalue weighted by Crippen LogP contribution is 2.31.